The van der Waals surface area contributed by atoms with Crippen molar-refractivity contribution in [2.45, 2.75) is 36.9 Å². The number of benzene rings is 1. The molecule has 6 nitrogen and oxygen atoms in total. The van der Waals surface area contributed by atoms with Gasteiger partial charge >= 0.3 is 5.97 Å². The van der Waals surface area contributed by atoms with Gasteiger partial charge in [-0.3, -0.25) is 4.79 Å². The molecule has 3 aromatic rings. The van der Waals surface area contributed by atoms with Crippen molar-refractivity contribution in [1.29, 1.82) is 0 Å². The standard InChI is InChI=1S/C21H16Cl2N2O4/c1-2-21(28)14-7-16-17-12(8-25(16)19(26)13(14)9-29-20(21)27)6-11-5-10(18(22)23)3-4-15(11)24-17/h3-7,18,28H,2,8-9H2,1H3. The highest BCUT2D eigenvalue weighted by atomic mass is 35.5. The van der Waals surface area contributed by atoms with Crippen LogP contribution in [-0.2, 0) is 28.3 Å². The summed E-state index contributed by atoms with van der Waals surface area (Å²) in [5.41, 5.74) is 2.16. The van der Waals surface area contributed by atoms with Crippen LogP contribution in [0.2, 0.25) is 0 Å². The maximum absolute atomic E-state index is 13.1. The lowest BCUT2D eigenvalue weighted by atomic mass is 9.86. The summed E-state index contributed by atoms with van der Waals surface area (Å²) in [6.45, 7) is 1.89. The second kappa shape index (κ2) is 6.29. The molecule has 0 saturated heterocycles. The van der Waals surface area contributed by atoms with Gasteiger partial charge in [0, 0.05) is 16.5 Å². The lowest BCUT2D eigenvalue weighted by Gasteiger charge is -2.31. The number of aromatic nitrogens is 2. The molecule has 1 N–H and O–H groups in total. The van der Waals surface area contributed by atoms with E-state index in [2.05, 4.69) is 0 Å². The molecule has 4 heterocycles. The Morgan fingerprint density at radius 2 is 2.07 bits per heavy atom. The van der Waals surface area contributed by atoms with E-state index in [1.807, 2.05) is 24.3 Å². The van der Waals surface area contributed by atoms with Gasteiger partial charge in [-0.2, -0.15) is 0 Å². The lowest BCUT2D eigenvalue weighted by molar-refractivity contribution is -0.172. The van der Waals surface area contributed by atoms with E-state index in [0.29, 0.717) is 29.1 Å². The van der Waals surface area contributed by atoms with Crippen molar-refractivity contribution >= 4 is 40.1 Å². The maximum atomic E-state index is 13.1. The molecule has 1 aromatic carbocycles. The van der Waals surface area contributed by atoms with Crippen LogP contribution in [0, 0.1) is 0 Å². The number of fused-ring (bicyclic) bond motifs is 5. The Morgan fingerprint density at radius 3 is 2.79 bits per heavy atom. The number of carbonyl (C=O) groups excluding carboxylic acids is 1. The molecule has 0 aliphatic carbocycles. The van der Waals surface area contributed by atoms with Crippen molar-refractivity contribution in [3.63, 3.8) is 0 Å². The molecular formula is C21H16Cl2N2O4. The van der Waals surface area contributed by atoms with Gasteiger partial charge in [-0.15, -0.1) is 23.2 Å². The van der Waals surface area contributed by atoms with Gasteiger partial charge < -0.3 is 14.4 Å². The van der Waals surface area contributed by atoms with Crippen LogP contribution >= 0.6 is 23.2 Å². The second-order valence-corrected chi connectivity index (χ2v) is 8.45. The molecule has 0 bridgehead atoms. The summed E-state index contributed by atoms with van der Waals surface area (Å²) in [6, 6.07) is 9.20. The van der Waals surface area contributed by atoms with Gasteiger partial charge in [0.2, 0.25) is 0 Å². The number of nitrogens with zero attached hydrogens (tertiary/aromatic N) is 2. The van der Waals surface area contributed by atoms with Crippen LogP contribution in [0.15, 0.2) is 35.1 Å². The molecule has 0 spiro atoms. The molecule has 0 amide bonds. The number of carbonyl (C=O) groups is 1. The minimum Gasteiger partial charge on any atom is -0.458 e. The number of rotatable bonds is 2. The normalized spacial score (nSPS) is 19.8. The Morgan fingerprint density at radius 1 is 1.28 bits per heavy atom. The third-order valence-corrected chi connectivity index (χ3v) is 6.29. The molecule has 1 unspecified atom stereocenters. The second-order valence-electron chi connectivity index (χ2n) is 7.35. The largest absolute Gasteiger partial charge is 0.458 e. The number of esters is 1. The van der Waals surface area contributed by atoms with E-state index < -0.39 is 16.4 Å². The Bertz CT molecular complexity index is 1270. The first kappa shape index (κ1) is 18.6. The number of halogens is 2. The number of hydrogen-bond acceptors (Lipinski definition) is 5. The summed E-state index contributed by atoms with van der Waals surface area (Å²) in [4.78, 5) is 29.4. The third-order valence-electron chi connectivity index (χ3n) is 5.78. The molecule has 1 atom stereocenters. The minimum atomic E-state index is -1.83. The van der Waals surface area contributed by atoms with Gasteiger partial charge in [-0.1, -0.05) is 13.0 Å². The molecule has 8 heteroatoms. The van der Waals surface area contributed by atoms with Crippen LogP contribution < -0.4 is 5.56 Å². The SMILES string of the molecule is CCC1(O)C(=O)OCc2c1cc1n(c2=O)Cc2cc3cc(C(Cl)Cl)ccc3nc2-1. The third kappa shape index (κ3) is 2.56. The van der Waals surface area contributed by atoms with Crippen LogP contribution in [0.5, 0.6) is 0 Å². The zero-order valence-corrected chi connectivity index (χ0v) is 16.9. The highest BCUT2D eigenvalue weighted by molar-refractivity contribution is 6.44. The molecule has 5 rings (SSSR count). The highest BCUT2D eigenvalue weighted by Gasteiger charge is 2.45. The molecular weight excluding hydrogens is 415 g/mol. The lowest BCUT2D eigenvalue weighted by Crippen LogP contribution is -2.44. The number of ether oxygens (including phenoxy) is 1. The molecule has 0 fully saturated rings. The number of pyridine rings is 2. The van der Waals surface area contributed by atoms with Crippen LogP contribution in [0.1, 0.15) is 40.4 Å². The van der Waals surface area contributed by atoms with E-state index in [4.69, 9.17) is 32.9 Å². The average molecular weight is 431 g/mol. The van der Waals surface area contributed by atoms with Crippen LogP contribution in [0.25, 0.3) is 22.3 Å². The Kier molecular flexibility index (Phi) is 4.04. The Labute approximate surface area is 175 Å². The van der Waals surface area contributed by atoms with Gasteiger partial charge in [-0.05, 0) is 36.2 Å². The predicted octanol–water partition coefficient (Wildman–Crippen LogP) is 3.56. The molecule has 0 radical (unpaired) electrons. The van der Waals surface area contributed by atoms with Gasteiger partial charge in [0.05, 0.1) is 29.0 Å². The maximum Gasteiger partial charge on any atom is 0.343 e. The van der Waals surface area contributed by atoms with Crippen molar-refractivity contribution in [1.82, 2.24) is 9.55 Å². The molecule has 148 valence electrons. The van der Waals surface area contributed by atoms with Gasteiger partial charge in [0.25, 0.3) is 5.56 Å². The van der Waals surface area contributed by atoms with Crippen LogP contribution in [0.3, 0.4) is 0 Å². The molecule has 29 heavy (non-hydrogen) atoms. The predicted molar refractivity (Wildman–Crippen MR) is 109 cm³/mol. The van der Waals surface area contributed by atoms with Gasteiger partial charge in [-0.25, -0.2) is 9.78 Å². The zero-order valence-electron chi connectivity index (χ0n) is 15.4. The zero-order chi connectivity index (χ0) is 20.5. The topological polar surface area (TPSA) is 81.4 Å². The van der Waals surface area contributed by atoms with E-state index >= 15 is 0 Å². The summed E-state index contributed by atoms with van der Waals surface area (Å²) < 4.78 is 6.69. The Balaban J connectivity index is 1.74. The minimum absolute atomic E-state index is 0.112. The summed E-state index contributed by atoms with van der Waals surface area (Å²) >= 11 is 12.0. The first-order valence-electron chi connectivity index (χ1n) is 9.22. The first-order chi connectivity index (χ1) is 13.8. The fourth-order valence-corrected chi connectivity index (χ4v) is 4.41. The van der Waals surface area contributed by atoms with E-state index in [1.54, 1.807) is 17.6 Å². The summed E-state index contributed by atoms with van der Waals surface area (Å²) in [6.07, 6.45) is 0.112. The Hall–Kier alpha value is -2.41. The molecule has 0 saturated carbocycles. The fraction of sp³-hybridized carbons (Fsp3) is 0.286. The summed E-state index contributed by atoms with van der Waals surface area (Å²) in [5, 5.41) is 11.8. The average Bonchev–Trinajstić information content (AvgIpc) is 3.07. The first-order valence-corrected chi connectivity index (χ1v) is 10.1. The molecule has 2 aliphatic heterocycles. The number of hydrogen-bond donors (Lipinski definition) is 1. The van der Waals surface area contributed by atoms with Crippen LogP contribution in [0.4, 0.5) is 0 Å². The summed E-state index contributed by atoms with van der Waals surface area (Å²) in [5.74, 6) is -0.731. The monoisotopic (exact) mass is 430 g/mol. The number of cyclic esters (lactones) is 1. The highest BCUT2D eigenvalue weighted by Crippen LogP contribution is 2.39. The van der Waals surface area contributed by atoms with Crippen molar-refractivity contribution in [2.75, 3.05) is 0 Å². The van der Waals surface area contributed by atoms with E-state index in [1.165, 1.54) is 0 Å². The smallest absolute Gasteiger partial charge is 0.343 e. The fourth-order valence-electron chi connectivity index (χ4n) is 4.14. The molecule has 2 aromatic heterocycles. The van der Waals surface area contributed by atoms with E-state index in [-0.39, 0.29) is 18.6 Å². The van der Waals surface area contributed by atoms with Gasteiger partial charge in [0.15, 0.2) is 5.60 Å². The van der Waals surface area contributed by atoms with Crippen molar-refractivity contribution in [3.8, 4) is 11.4 Å². The number of alkyl halides is 2. The molecule has 2 aliphatic rings. The van der Waals surface area contributed by atoms with Crippen LogP contribution in [-0.4, -0.2) is 20.6 Å². The number of aliphatic hydroxyl groups is 1. The van der Waals surface area contributed by atoms with Crippen molar-refractivity contribution < 1.29 is 14.6 Å². The van der Waals surface area contributed by atoms with E-state index in [0.717, 1.165) is 22.0 Å². The van der Waals surface area contributed by atoms with Crippen molar-refractivity contribution in [3.05, 3.63) is 62.9 Å². The van der Waals surface area contributed by atoms with Gasteiger partial charge in [0.1, 0.15) is 11.4 Å². The van der Waals surface area contributed by atoms with E-state index in [9.17, 15) is 14.7 Å². The summed E-state index contributed by atoms with van der Waals surface area (Å²) in [7, 11) is 0. The van der Waals surface area contributed by atoms with Crippen molar-refractivity contribution in [2.24, 2.45) is 0 Å². The quantitative estimate of drug-likeness (QED) is 0.388.